The highest BCUT2D eigenvalue weighted by atomic mass is 28.3. The van der Waals surface area contributed by atoms with Crippen molar-refractivity contribution in [2.24, 2.45) is 0 Å². The summed E-state index contributed by atoms with van der Waals surface area (Å²) in [4.78, 5) is 8.57. The topological polar surface area (TPSA) is 26.3 Å². The van der Waals surface area contributed by atoms with Crippen LogP contribution in [0.2, 0.25) is 13.1 Å². The molecule has 0 amide bonds. The van der Waals surface area contributed by atoms with Gasteiger partial charge in [0, 0.05) is 0 Å². The van der Waals surface area contributed by atoms with Crippen molar-refractivity contribution < 1.29 is 9.22 Å². The summed E-state index contributed by atoms with van der Waals surface area (Å²) < 4.78 is 5.73. The largest absolute Gasteiger partial charge is 0.416 e. The normalized spacial score (nSPS) is 10.2. The third-order valence-electron chi connectivity index (χ3n) is 1.41. The summed E-state index contributed by atoms with van der Waals surface area (Å²) in [6.45, 7) is 13.6. The molecule has 0 saturated carbocycles. The number of carbonyl (C=O) groups excluding carboxylic acids is 1. The van der Waals surface area contributed by atoms with Gasteiger partial charge in [0.05, 0.1) is 5.60 Å². The number of hydrogen-bond acceptors (Lipinski definition) is 2. The predicted molar refractivity (Wildman–Crippen MR) is 55.7 cm³/mol. The lowest BCUT2D eigenvalue weighted by molar-refractivity contribution is 0.105. The van der Waals surface area contributed by atoms with E-state index in [1.807, 2.05) is 0 Å². The second-order valence-corrected chi connectivity index (χ2v) is 5.76. The van der Waals surface area contributed by atoms with Crippen molar-refractivity contribution in [2.75, 3.05) is 0 Å². The van der Waals surface area contributed by atoms with Crippen LogP contribution >= 0.6 is 0 Å². The second-order valence-electron chi connectivity index (χ2n) is 3.42. The van der Waals surface area contributed by atoms with Gasteiger partial charge >= 0.3 is 0 Å². The molecule has 0 N–H and O–H groups in total. The Bertz CT molecular complexity index is 135. The molecule has 0 aliphatic heterocycles. The van der Waals surface area contributed by atoms with Crippen LogP contribution in [0.25, 0.3) is 0 Å². The van der Waals surface area contributed by atoms with E-state index in [1.165, 1.54) is 5.94 Å². The number of rotatable bonds is 3. The van der Waals surface area contributed by atoms with Crippen LogP contribution in [-0.4, -0.2) is 20.6 Å². The molecule has 2 nitrogen and oxygen atoms in total. The zero-order chi connectivity index (χ0) is 10.2. The first kappa shape index (κ1) is 14.2. The minimum absolute atomic E-state index is 0.125. The Hall–Kier alpha value is -0.373. The molecule has 0 saturated heterocycles. The molecule has 0 unspecified atom stereocenters. The Labute approximate surface area is 77.4 Å². The molecule has 0 aromatic rings. The number of hydrogen-bond donors (Lipinski definition) is 0. The van der Waals surface area contributed by atoms with E-state index in [0.717, 1.165) is 6.42 Å². The van der Waals surface area contributed by atoms with E-state index in [0.29, 0.717) is 0 Å². The molecule has 0 rings (SSSR count). The van der Waals surface area contributed by atoms with E-state index in [4.69, 9.17) is 9.22 Å². The van der Waals surface area contributed by atoms with Gasteiger partial charge in [-0.25, -0.2) is 4.79 Å². The van der Waals surface area contributed by atoms with E-state index < -0.39 is 9.04 Å². The van der Waals surface area contributed by atoms with E-state index in [1.54, 1.807) is 0 Å². The molecule has 0 aromatic heterocycles. The molecule has 0 atom stereocenters. The van der Waals surface area contributed by atoms with Crippen LogP contribution in [0.3, 0.4) is 0 Å². The molecule has 0 radical (unpaired) electrons. The Morgan fingerprint density at radius 1 is 1.50 bits per heavy atom. The Morgan fingerprint density at radius 3 is 1.92 bits per heavy atom. The Kier molecular flexibility index (Phi) is 8.60. The van der Waals surface area contributed by atoms with Crippen molar-refractivity contribution in [1.82, 2.24) is 0 Å². The summed E-state index contributed by atoms with van der Waals surface area (Å²) >= 11 is 0. The molecule has 12 heavy (non-hydrogen) atoms. The molecule has 3 heteroatoms. The van der Waals surface area contributed by atoms with Gasteiger partial charge in [0.15, 0.2) is 9.04 Å². The highest BCUT2D eigenvalue weighted by molar-refractivity contribution is 6.48. The van der Waals surface area contributed by atoms with Crippen LogP contribution in [0, 0.1) is 0 Å². The average Bonchev–Trinajstić information content (AvgIpc) is 1.87. The van der Waals surface area contributed by atoms with Gasteiger partial charge in [0.25, 0.3) is 0 Å². The summed E-state index contributed by atoms with van der Waals surface area (Å²) in [7, 11) is -0.813. The van der Waals surface area contributed by atoms with Crippen molar-refractivity contribution in [1.29, 1.82) is 0 Å². The zero-order valence-electron chi connectivity index (χ0n) is 8.81. The first-order chi connectivity index (χ1) is 5.39. The van der Waals surface area contributed by atoms with Crippen LogP contribution in [-0.2, 0) is 9.22 Å². The van der Waals surface area contributed by atoms with E-state index in [9.17, 15) is 0 Å². The lowest BCUT2D eigenvalue weighted by atomic mass is 10.1. The molecule has 0 bridgehead atoms. The van der Waals surface area contributed by atoms with Gasteiger partial charge in [-0.15, -0.1) is 0 Å². The summed E-state index contributed by atoms with van der Waals surface area (Å²) in [5, 5.41) is 0. The standard InChI is InChI=1S/C7H18OSi.C2H2O/c1-6-7(2,3)8-9(4)5;1-2-3/h9H,6H2,1-5H3;1H2. The van der Waals surface area contributed by atoms with Gasteiger partial charge < -0.3 is 4.43 Å². The lowest BCUT2D eigenvalue weighted by Gasteiger charge is -2.26. The van der Waals surface area contributed by atoms with Crippen molar-refractivity contribution in [3.8, 4) is 0 Å². The summed E-state index contributed by atoms with van der Waals surface area (Å²) in [5.41, 5.74) is 0.125. The van der Waals surface area contributed by atoms with Gasteiger partial charge in [0.1, 0.15) is 5.94 Å². The minimum atomic E-state index is -0.813. The maximum absolute atomic E-state index is 8.57. The van der Waals surface area contributed by atoms with Crippen molar-refractivity contribution in [3.05, 3.63) is 6.58 Å². The molecule has 0 heterocycles. The van der Waals surface area contributed by atoms with Gasteiger partial charge in [-0.2, -0.15) is 0 Å². The molecular weight excluding hydrogens is 168 g/mol. The van der Waals surface area contributed by atoms with Crippen LogP contribution in [0.1, 0.15) is 27.2 Å². The average molecular weight is 188 g/mol. The highest BCUT2D eigenvalue weighted by Crippen LogP contribution is 2.14. The van der Waals surface area contributed by atoms with Gasteiger partial charge in [-0.05, 0) is 39.9 Å². The smallest absolute Gasteiger partial charge is 0.171 e. The van der Waals surface area contributed by atoms with Gasteiger partial charge in [-0.1, -0.05) is 6.92 Å². The molecule has 0 aliphatic rings. The maximum Gasteiger partial charge on any atom is 0.171 e. The van der Waals surface area contributed by atoms with E-state index in [-0.39, 0.29) is 5.60 Å². The van der Waals surface area contributed by atoms with E-state index >= 15 is 0 Å². The van der Waals surface area contributed by atoms with Gasteiger partial charge in [0.2, 0.25) is 0 Å². The monoisotopic (exact) mass is 188 g/mol. The first-order valence-electron chi connectivity index (χ1n) is 4.21. The predicted octanol–water partition coefficient (Wildman–Crippen LogP) is 2.18. The molecule has 0 spiro atoms. The van der Waals surface area contributed by atoms with Crippen molar-refractivity contribution in [2.45, 2.75) is 45.9 Å². The minimum Gasteiger partial charge on any atom is -0.416 e. The maximum atomic E-state index is 8.57. The van der Waals surface area contributed by atoms with Gasteiger partial charge in [-0.3, -0.25) is 0 Å². The molecule has 0 fully saturated rings. The zero-order valence-corrected chi connectivity index (χ0v) is 9.96. The molecule has 0 aromatic carbocycles. The first-order valence-corrected chi connectivity index (χ1v) is 6.99. The second kappa shape index (κ2) is 7.29. The summed E-state index contributed by atoms with van der Waals surface area (Å²) in [6, 6.07) is 0. The van der Waals surface area contributed by atoms with Crippen LogP contribution < -0.4 is 0 Å². The lowest BCUT2D eigenvalue weighted by Crippen LogP contribution is -2.28. The quantitative estimate of drug-likeness (QED) is 0.501. The fourth-order valence-electron chi connectivity index (χ4n) is 0.721. The van der Waals surface area contributed by atoms with Crippen LogP contribution in [0.15, 0.2) is 6.58 Å². The summed E-state index contributed by atoms with van der Waals surface area (Å²) in [5.74, 6) is 1.25. The van der Waals surface area contributed by atoms with Crippen LogP contribution in [0.5, 0.6) is 0 Å². The van der Waals surface area contributed by atoms with Crippen LogP contribution in [0.4, 0.5) is 0 Å². The van der Waals surface area contributed by atoms with E-state index in [2.05, 4.69) is 40.4 Å². The molecular formula is C9H20O2Si. The van der Waals surface area contributed by atoms with Crippen molar-refractivity contribution >= 4 is 15.0 Å². The summed E-state index contributed by atoms with van der Waals surface area (Å²) in [6.07, 6.45) is 1.11. The third-order valence-corrected chi connectivity index (χ3v) is 2.52. The Morgan fingerprint density at radius 2 is 1.83 bits per heavy atom. The molecule has 0 aliphatic carbocycles. The molecule has 72 valence electrons. The fraction of sp³-hybridized carbons (Fsp3) is 0.778. The highest BCUT2D eigenvalue weighted by Gasteiger charge is 2.16. The third kappa shape index (κ3) is 12.3. The Balaban J connectivity index is 0. The SMILES string of the molecule is C=C=O.CCC(C)(C)O[SiH](C)C. The fourth-order valence-corrected chi connectivity index (χ4v) is 2.16. The van der Waals surface area contributed by atoms with Crippen molar-refractivity contribution in [3.63, 3.8) is 0 Å².